The summed E-state index contributed by atoms with van der Waals surface area (Å²) in [7, 11) is 0. The van der Waals surface area contributed by atoms with E-state index in [9.17, 15) is 8.78 Å². The Hall–Kier alpha value is -3.09. The van der Waals surface area contributed by atoms with E-state index in [0.717, 1.165) is 18.2 Å². The van der Waals surface area contributed by atoms with Gasteiger partial charge in [-0.05, 0) is 35.9 Å². The van der Waals surface area contributed by atoms with Gasteiger partial charge in [0, 0.05) is 18.2 Å². The Morgan fingerprint density at radius 3 is 2.35 bits per heavy atom. The molecule has 0 radical (unpaired) electrons. The number of benzene rings is 1. The third-order valence-corrected chi connectivity index (χ3v) is 3.34. The Labute approximate surface area is 131 Å². The van der Waals surface area contributed by atoms with Crippen LogP contribution in [0.1, 0.15) is 11.1 Å². The van der Waals surface area contributed by atoms with Crippen molar-refractivity contribution in [1.29, 1.82) is 0 Å². The van der Waals surface area contributed by atoms with Gasteiger partial charge in [-0.15, -0.1) is 0 Å². The fourth-order valence-electron chi connectivity index (χ4n) is 2.18. The lowest BCUT2D eigenvalue weighted by Crippen LogP contribution is -2.09. The first-order valence-electron chi connectivity index (χ1n) is 6.82. The molecule has 3 aromatic rings. The molecule has 1 aromatic carbocycles. The molecule has 0 unspecified atom stereocenters. The number of halogens is 2. The monoisotopic (exact) mass is 313 g/mol. The van der Waals surface area contributed by atoms with Gasteiger partial charge in [-0.3, -0.25) is 4.98 Å². The second-order valence-electron chi connectivity index (χ2n) is 4.92. The van der Waals surface area contributed by atoms with Gasteiger partial charge >= 0.3 is 0 Å². The number of rotatable bonds is 3. The summed E-state index contributed by atoms with van der Waals surface area (Å²) in [6.07, 6.45) is 1.60. The third-order valence-electron chi connectivity index (χ3n) is 3.34. The van der Waals surface area contributed by atoms with E-state index in [-0.39, 0.29) is 29.4 Å². The highest BCUT2D eigenvalue weighted by atomic mass is 19.1. The molecule has 4 N–H and O–H groups in total. The van der Waals surface area contributed by atoms with E-state index in [0.29, 0.717) is 11.3 Å². The van der Waals surface area contributed by atoms with E-state index in [2.05, 4.69) is 15.0 Å². The van der Waals surface area contributed by atoms with E-state index < -0.39 is 11.6 Å². The summed E-state index contributed by atoms with van der Waals surface area (Å²) in [5.74, 6) is -0.573. The van der Waals surface area contributed by atoms with Crippen LogP contribution in [0.4, 0.5) is 20.4 Å². The molecule has 0 aliphatic rings. The average molecular weight is 313 g/mol. The minimum absolute atomic E-state index is 0.00373. The zero-order valence-electron chi connectivity index (χ0n) is 12.0. The molecule has 0 aliphatic carbocycles. The summed E-state index contributed by atoms with van der Waals surface area (Å²) in [5.41, 5.74) is 12.9. The van der Waals surface area contributed by atoms with Gasteiger partial charge in [0.15, 0.2) is 5.82 Å². The maximum atomic E-state index is 13.8. The highest BCUT2D eigenvalue weighted by Gasteiger charge is 2.15. The normalized spacial score (nSPS) is 10.7. The zero-order valence-corrected chi connectivity index (χ0v) is 12.0. The number of nitrogens with two attached hydrogens (primary N) is 2. The minimum atomic E-state index is -0.543. The van der Waals surface area contributed by atoms with E-state index in [4.69, 9.17) is 11.5 Å². The van der Waals surface area contributed by atoms with Gasteiger partial charge in [0.1, 0.15) is 29.0 Å². The van der Waals surface area contributed by atoms with Crippen molar-refractivity contribution < 1.29 is 8.78 Å². The quantitative estimate of drug-likeness (QED) is 0.775. The fraction of sp³-hybridized carbons (Fsp3) is 0.0625. The van der Waals surface area contributed by atoms with Gasteiger partial charge in [-0.25, -0.2) is 18.7 Å². The summed E-state index contributed by atoms with van der Waals surface area (Å²) in [4.78, 5) is 12.4. The second-order valence-corrected chi connectivity index (χ2v) is 4.92. The van der Waals surface area contributed by atoms with Crippen LogP contribution in [0.2, 0.25) is 0 Å². The first kappa shape index (κ1) is 14.8. The molecule has 5 nitrogen and oxygen atoms in total. The summed E-state index contributed by atoms with van der Waals surface area (Å²) >= 11 is 0. The van der Waals surface area contributed by atoms with Crippen LogP contribution in [-0.4, -0.2) is 15.0 Å². The van der Waals surface area contributed by atoms with Crippen molar-refractivity contribution in [3.05, 3.63) is 65.4 Å². The highest BCUT2D eigenvalue weighted by molar-refractivity contribution is 5.61. The Morgan fingerprint density at radius 2 is 1.70 bits per heavy atom. The number of hydrogen-bond donors (Lipinski definition) is 2. The molecule has 2 aromatic heterocycles. The van der Waals surface area contributed by atoms with Crippen molar-refractivity contribution in [3.8, 4) is 11.5 Å². The lowest BCUT2D eigenvalue weighted by molar-refractivity contribution is 0.588. The molecule has 3 rings (SSSR count). The summed E-state index contributed by atoms with van der Waals surface area (Å²) in [5, 5.41) is 0. The largest absolute Gasteiger partial charge is 0.383 e. The molecular weight excluding hydrogens is 300 g/mol. The molecule has 0 amide bonds. The molecule has 0 bridgehead atoms. The van der Waals surface area contributed by atoms with Gasteiger partial charge in [0.05, 0.1) is 0 Å². The molecule has 0 fully saturated rings. The van der Waals surface area contributed by atoms with Crippen LogP contribution in [0.3, 0.4) is 0 Å². The third kappa shape index (κ3) is 3.08. The van der Waals surface area contributed by atoms with E-state index in [1.54, 1.807) is 24.4 Å². The number of nitrogens with zero attached hydrogens (tertiary/aromatic N) is 3. The minimum Gasteiger partial charge on any atom is -0.383 e. The lowest BCUT2D eigenvalue weighted by atomic mass is 10.1. The van der Waals surface area contributed by atoms with E-state index in [1.807, 2.05) is 0 Å². The number of aromatic nitrogens is 3. The summed E-state index contributed by atoms with van der Waals surface area (Å²) < 4.78 is 27.0. The van der Waals surface area contributed by atoms with Crippen LogP contribution >= 0.6 is 0 Å². The van der Waals surface area contributed by atoms with Crippen molar-refractivity contribution in [2.24, 2.45) is 0 Å². The van der Waals surface area contributed by atoms with Crippen molar-refractivity contribution in [2.75, 3.05) is 11.5 Å². The molecule has 0 saturated heterocycles. The molecule has 0 atom stereocenters. The standard InChI is InChI=1S/C16H13F2N5/c17-10-4-5-12(18)9(7-10)8-11-14(19)22-16(23-15(11)20)13-3-1-2-6-21-13/h1-7H,8H2,(H4,19,20,22,23). The van der Waals surface area contributed by atoms with Crippen LogP contribution in [0.5, 0.6) is 0 Å². The fourth-order valence-corrected chi connectivity index (χ4v) is 2.18. The first-order chi connectivity index (χ1) is 11.0. The highest BCUT2D eigenvalue weighted by Crippen LogP contribution is 2.24. The molecule has 0 saturated carbocycles. The van der Waals surface area contributed by atoms with Crippen molar-refractivity contribution >= 4 is 11.6 Å². The molecule has 23 heavy (non-hydrogen) atoms. The van der Waals surface area contributed by atoms with Crippen LogP contribution in [0.15, 0.2) is 42.6 Å². The Morgan fingerprint density at radius 1 is 0.957 bits per heavy atom. The topological polar surface area (TPSA) is 90.7 Å². The summed E-state index contributed by atoms with van der Waals surface area (Å²) in [6.45, 7) is 0. The maximum Gasteiger partial charge on any atom is 0.182 e. The van der Waals surface area contributed by atoms with Gasteiger partial charge in [-0.2, -0.15) is 0 Å². The molecular formula is C16H13F2N5. The van der Waals surface area contributed by atoms with Gasteiger partial charge in [0.25, 0.3) is 0 Å². The molecule has 116 valence electrons. The van der Waals surface area contributed by atoms with Crippen LogP contribution in [0, 0.1) is 11.6 Å². The lowest BCUT2D eigenvalue weighted by Gasteiger charge is -2.10. The zero-order chi connectivity index (χ0) is 16.4. The summed E-state index contributed by atoms with van der Waals surface area (Å²) in [6, 6.07) is 8.47. The van der Waals surface area contributed by atoms with Gasteiger partial charge in [-0.1, -0.05) is 6.07 Å². The number of pyridine rings is 1. The molecule has 0 aliphatic heterocycles. The SMILES string of the molecule is Nc1nc(-c2ccccn2)nc(N)c1Cc1cc(F)ccc1F. The van der Waals surface area contributed by atoms with E-state index in [1.165, 1.54) is 0 Å². The van der Waals surface area contributed by atoms with Gasteiger partial charge in [0.2, 0.25) is 0 Å². The van der Waals surface area contributed by atoms with Crippen LogP contribution in [0.25, 0.3) is 11.5 Å². The second kappa shape index (κ2) is 5.96. The van der Waals surface area contributed by atoms with Crippen molar-refractivity contribution in [3.63, 3.8) is 0 Å². The van der Waals surface area contributed by atoms with Crippen molar-refractivity contribution in [2.45, 2.75) is 6.42 Å². The predicted molar refractivity (Wildman–Crippen MR) is 83.3 cm³/mol. The molecule has 2 heterocycles. The Balaban J connectivity index is 2.00. The number of nitrogen functional groups attached to an aromatic ring is 2. The number of anilines is 2. The van der Waals surface area contributed by atoms with Crippen molar-refractivity contribution in [1.82, 2.24) is 15.0 Å². The Bertz CT molecular complexity index is 829. The van der Waals surface area contributed by atoms with E-state index >= 15 is 0 Å². The average Bonchev–Trinajstić information content (AvgIpc) is 2.54. The predicted octanol–water partition coefficient (Wildman–Crippen LogP) is 2.57. The number of hydrogen-bond acceptors (Lipinski definition) is 5. The van der Waals surface area contributed by atoms with Crippen LogP contribution in [-0.2, 0) is 6.42 Å². The molecule has 7 heteroatoms. The van der Waals surface area contributed by atoms with Crippen LogP contribution < -0.4 is 11.5 Å². The Kier molecular flexibility index (Phi) is 3.84. The van der Waals surface area contributed by atoms with Gasteiger partial charge < -0.3 is 11.5 Å². The maximum absolute atomic E-state index is 13.8. The first-order valence-corrected chi connectivity index (χ1v) is 6.82. The molecule has 0 spiro atoms. The smallest absolute Gasteiger partial charge is 0.182 e.